The number of nitrogens with zero attached hydrogens (tertiary/aromatic N) is 1. The topological polar surface area (TPSA) is 138 Å². The largest absolute Gasteiger partial charge is 0.480 e. The number of hydrogen-bond acceptors (Lipinski definition) is 5. The molecule has 0 rings (SSSR count). The van der Waals surface area contributed by atoms with Gasteiger partial charge >= 0.3 is 16.3 Å². The molecule has 0 saturated carbocycles. The Morgan fingerprint density at radius 1 is 1.35 bits per heavy atom. The number of amides is 1. The van der Waals surface area contributed by atoms with E-state index in [1.165, 1.54) is 0 Å². The smallest absolute Gasteiger partial charge is 0.362 e. The fourth-order valence-corrected chi connectivity index (χ4v) is 2.21. The molecule has 0 heterocycles. The molecule has 4 N–H and O–H groups in total. The maximum Gasteiger partial charge on any atom is 0.362 e. The first-order valence-electron chi connectivity index (χ1n) is 4.92. The Kier molecular flexibility index (Phi) is 6.07. The molecule has 0 radical (unpaired) electrons. The standard InChI is InChI=1S/C8H16N2O6S/c1-6(11)10(17(14,15)16)7(8(12)13)4-2-3-5-9/h7H,2-5,9H2,1H3,(H,12,13)(H,14,15,16). The number of carboxylic acid groups (broad SMARTS) is 1. The molecule has 0 aromatic rings. The molecule has 0 aromatic heterocycles. The Labute approximate surface area is 99.3 Å². The van der Waals surface area contributed by atoms with Crippen LogP contribution in [-0.2, 0) is 19.9 Å². The quantitative estimate of drug-likeness (QED) is 0.406. The van der Waals surface area contributed by atoms with Crippen molar-refractivity contribution in [3.63, 3.8) is 0 Å². The lowest BCUT2D eigenvalue weighted by molar-refractivity contribution is -0.146. The summed E-state index contributed by atoms with van der Waals surface area (Å²) in [5, 5.41) is 8.85. The Morgan fingerprint density at radius 2 is 1.88 bits per heavy atom. The highest BCUT2D eigenvalue weighted by molar-refractivity contribution is 7.84. The Hall–Kier alpha value is -1.19. The number of unbranched alkanes of at least 4 members (excludes halogenated alkanes) is 1. The van der Waals surface area contributed by atoms with Gasteiger partial charge in [0.25, 0.3) is 0 Å². The number of rotatable bonds is 7. The van der Waals surface area contributed by atoms with E-state index in [0.717, 1.165) is 6.92 Å². The number of carbonyl (C=O) groups excluding carboxylic acids is 1. The van der Waals surface area contributed by atoms with E-state index in [0.29, 0.717) is 19.4 Å². The third-order valence-electron chi connectivity index (χ3n) is 2.06. The van der Waals surface area contributed by atoms with Crippen LogP contribution >= 0.6 is 0 Å². The molecule has 0 spiro atoms. The van der Waals surface area contributed by atoms with Crippen LogP contribution in [0.1, 0.15) is 26.2 Å². The summed E-state index contributed by atoms with van der Waals surface area (Å²) < 4.78 is 30.6. The second-order valence-corrected chi connectivity index (χ2v) is 4.72. The summed E-state index contributed by atoms with van der Waals surface area (Å²) in [4.78, 5) is 22.0. The van der Waals surface area contributed by atoms with Gasteiger partial charge in [-0.1, -0.05) is 0 Å². The average molecular weight is 268 g/mol. The molecule has 0 bridgehead atoms. The van der Waals surface area contributed by atoms with Gasteiger partial charge in [0, 0.05) is 6.92 Å². The lowest BCUT2D eigenvalue weighted by Gasteiger charge is -2.24. The van der Waals surface area contributed by atoms with Gasteiger partial charge < -0.3 is 10.8 Å². The van der Waals surface area contributed by atoms with E-state index in [2.05, 4.69) is 0 Å². The van der Waals surface area contributed by atoms with Crippen LogP contribution in [-0.4, -0.2) is 46.8 Å². The van der Waals surface area contributed by atoms with Crippen molar-refractivity contribution >= 4 is 22.2 Å². The van der Waals surface area contributed by atoms with E-state index in [-0.39, 0.29) is 10.7 Å². The van der Waals surface area contributed by atoms with Crippen LogP contribution in [0.2, 0.25) is 0 Å². The molecule has 0 fully saturated rings. The van der Waals surface area contributed by atoms with Crippen molar-refractivity contribution < 1.29 is 27.7 Å². The SMILES string of the molecule is CC(=O)N(C(CCCCN)C(=O)O)S(=O)(=O)O. The minimum Gasteiger partial charge on any atom is -0.480 e. The number of nitrogens with two attached hydrogens (primary N) is 1. The van der Waals surface area contributed by atoms with Crippen LogP contribution < -0.4 is 5.73 Å². The molecule has 9 heteroatoms. The second kappa shape index (κ2) is 6.52. The van der Waals surface area contributed by atoms with E-state index >= 15 is 0 Å². The third-order valence-corrected chi connectivity index (χ3v) is 3.07. The van der Waals surface area contributed by atoms with Crippen molar-refractivity contribution in [3.05, 3.63) is 0 Å². The van der Waals surface area contributed by atoms with Gasteiger partial charge in [0.2, 0.25) is 5.91 Å². The molecule has 17 heavy (non-hydrogen) atoms. The molecule has 0 aliphatic heterocycles. The Morgan fingerprint density at radius 3 is 2.18 bits per heavy atom. The normalized spacial score (nSPS) is 13.1. The van der Waals surface area contributed by atoms with Crippen molar-refractivity contribution in [2.24, 2.45) is 5.73 Å². The number of aliphatic carboxylic acids is 1. The van der Waals surface area contributed by atoms with Crippen molar-refractivity contribution in [1.82, 2.24) is 4.31 Å². The van der Waals surface area contributed by atoms with E-state index < -0.39 is 28.2 Å². The molecule has 0 saturated heterocycles. The van der Waals surface area contributed by atoms with Crippen LogP contribution in [0.15, 0.2) is 0 Å². The summed E-state index contributed by atoms with van der Waals surface area (Å²) in [7, 11) is -4.87. The predicted molar refractivity (Wildman–Crippen MR) is 58.4 cm³/mol. The highest BCUT2D eigenvalue weighted by atomic mass is 32.2. The summed E-state index contributed by atoms with van der Waals surface area (Å²) in [5.74, 6) is -2.54. The van der Waals surface area contributed by atoms with Gasteiger partial charge in [-0.2, -0.15) is 8.42 Å². The minimum atomic E-state index is -4.87. The number of carboxylic acids is 1. The molecule has 1 unspecified atom stereocenters. The summed E-state index contributed by atoms with van der Waals surface area (Å²) in [6, 6.07) is -1.60. The maximum absolute atomic E-state index is 11.1. The zero-order chi connectivity index (χ0) is 13.6. The first kappa shape index (κ1) is 15.8. The van der Waals surface area contributed by atoms with Crippen molar-refractivity contribution in [1.29, 1.82) is 0 Å². The monoisotopic (exact) mass is 268 g/mol. The van der Waals surface area contributed by atoms with Crippen LogP contribution in [0, 0.1) is 0 Å². The molecule has 0 aliphatic carbocycles. The van der Waals surface area contributed by atoms with Gasteiger partial charge in [-0.25, -0.2) is 9.10 Å². The van der Waals surface area contributed by atoms with Crippen molar-refractivity contribution in [2.75, 3.05) is 6.54 Å². The first-order valence-corrected chi connectivity index (χ1v) is 6.31. The molecule has 1 atom stereocenters. The zero-order valence-corrected chi connectivity index (χ0v) is 10.2. The first-order chi connectivity index (χ1) is 7.71. The molecule has 0 aliphatic rings. The fourth-order valence-electron chi connectivity index (χ4n) is 1.37. The summed E-state index contributed by atoms with van der Waals surface area (Å²) >= 11 is 0. The second-order valence-electron chi connectivity index (χ2n) is 3.43. The highest BCUT2D eigenvalue weighted by Gasteiger charge is 2.35. The summed E-state index contributed by atoms with van der Waals surface area (Å²) in [6.07, 6.45) is 0.750. The molecule has 1 amide bonds. The lowest BCUT2D eigenvalue weighted by atomic mass is 10.1. The van der Waals surface area contributed by atoms with Crippen LogP contribution in [0.4, 0.5) is 0 Å². The molecule has 100 valence electrons. The molecule has 0 aromatic carbocycles. The summed E-state index contributed by atoms with van der Waals surface area (Å²) in [6.45, 7) is 1.20. The van der Waals surface area contributed by atoms with Gasteiger partial charge in [0.05, 0.1) is 0 Å². The average Bonchev–Trinajstić information content (AvgIpc) is 2.13. The number of carbonyl (C=O) groups is 2. The number of hydrogen-bond donors (Lipinski definition) is 3. The molecular formula is C8H16N2O6S. The van der Waals surface area contributed by atoms with Gasteiger partial charge in [-0.05, 0) is 25.8 Å². The van der Waals surface area contributed by atoms with Gasteiger partial charge in [0.15, 0.2) is 0 Å². The van der Waals surface area contributed by atoms with E-state index in [4.69, 9.17) is 15.4 Å². The van der Waals surface area contributed by atoms with Crippen molar-refractivity contribution in [2.45, 2.75) is 32.2 Å². The predicted octanol–water partition coefficient (Wildman–Crippen LogP) is -0.780. The lowest BCUT2D eigenvalue weighted by Crippen LogP contribution is -2.47. The third kappa shape index (κ3) is 5.11. The molecule has 8 nitrogen and oxygen atoms in total. The van der Waals surface area contributed by atoms with Crippen LogP contribution in [0.25, 0.3) is 0 Å². The maximum atomic E-state index is 11.1. The zero-order valence-electron chi connectivity index (χ0n) is 9.37. The van der Waals surface area contributed by atoms with Crippen molar-refractivity contribution in [3.8, 4) is 0 Å². The van der Waals surface area contributed by atoms with Gasteiger partial charge in [-0.3, -0.25) is 9.35 Å². The summed E-state index contributed by atoms with van der Waals surface area (Å²) in [5.41, 5.74) is 5.22. The van der Waals surface area contributed by atoms with Crippen LogP contribution in [0.3, 0.4) is 0 Å². The fraction of sp³-hybridized carbons (Fsp3) is 0.750. The highest BCUT2D eigenvalue weighted by Crippen LogP contribution is 2.13. The molecular weight excluding hydrogens is 252 g/mol. The van der Waals surface area contributed by atoms with Gasteiger partial charge in [0.1, 0.15) is 6.04 Å². The van der Waals surface area contributed by atoms with E-state index in [1.54, 1.807) is 0 Å². The minimum absolute atomic E-state index is 0.0359. The Balaban J connectivity index is 4.99. The Bertz CT molecular complexity index is 379. The van der Waals surface area contributed by atoms with Crippen LogP contribution in [0.5, 0.6) is 0 Å². The van der Waals surface area contributed by atoms with Gasteiger partial charge in [-0.15, -0.1) is 0 Å². The van der Waals surface area contributed by atoms with E-state index in [1.807, 2.05) is 0 Å². The van der Waals surface area contributed by atoms with E-state index in [9.17, 15) is 18.0 Å².